The van der Waals surface area contributed by atoms with Crippen LogP contribution in [0.2, 0.25) is 10.0 Å². The number of nitrogens with zero attached hydrogens (tertiary/aromatic N) is 1. The summed E-state index contributed by atoms with van der Waals surface area (Å²) in [4.78, 5) is -0.567. The normalized spacial score (nSPS) is 11.9. The van der Waals surface area contributed by atoms with Gasteiger partial charge < -0.3 is 4.74 Å². The van der Waals surface area contributed by atoms with Gasteiger partial charge in [-0.1, -0.05) is 29.3 Å². The Kier molecular flexibility index (Phi) is 6.07. The molecule has 0 atom stereocenters. The molecule has 0 amide bonds. The highest BCUT2D eigenvalue weighted by molar-refractivity contribution is 7.95. The molecule has 0 aliphatic heterocycles. The summed E-state index contributed by atoms with van der Waals surface area (Å²) in [5, 5.41) is 9.74. The molecule has 0 aromatic heterocycles. The lowest BCUT2D eigenvalue weighted by Crippen LogP contribution is -2.07. The van der Waals surface area contributed by atoms with Crippen LogP contribution in [0.5, 0.6) is 5.75 Å². The van der Waals surface area contributed by atoms with Gasteiger partial charge in [0.1, 0.15) is 22.5 Å². The van der Waals surface area contributed by atoms with Gasteiger partial charge in [-0.05, 0) is 35.9 Å². The van der Waals surface area contributed by atoms with Crippen molar-refractivity contribution in [3.05, 3.63) is 68.3 Å². The summed E-state index contributed by atoms with van der Waals surface area (Å²) >= 11 is 11.8. The molecule has 0 radical (unpaired) electrons. The number of nitriles is 1. The largest absolute Gasteiger partial charge is 0.497 e. The van der Waals surface area contributed by atoms with Crippen LogP contribution in [0.1, 0.15) is 11.1 Å². The number of methoxy groups -OCH3 is 1. The molecule has 8 heteroatoms. The minimum atomic E-state index is -4.02. The average Bonchev–Trinajstić information content (AvgIpc) is 2.56. The average molecular weight is 400 g/mol. The number of rotatable bonds is 5. The molecule has 0 saturated carbocycles. The van der Waals surface area contributed by atoms with E-state index in [1.807, 2.05) is 0 Å². The molecule has 0 unspecified atom stereocenters. The van der Waals surface area contributed by atoms with E-state index < -0.39 is 26.3 Å². The summed E-state index contributed by atoms with van der Waals surface area (Å²) < 4.78 is 43.8. The van der Waals surface area contributed by atoms with Gasteiger partial charge in [-0.2, -0.15) is 5.26 Å². The molecule has 25 heavy (non-hydrogen) atoms. The predicted octanol–water partition coefficient (Wildman–Crippen LogP) is 4.62. The zero-order valence-corrected chi connectivity index (χ0v) is 15.3. The zero-order chi connectivity index (χ0) is 18.6. The SMILES string of the molecule is COc1ccc(C=C(C#N)S(=O)(=O)Cc2ccc(Cl)cc2Cl)c(F)c1. The van der Waals surface area contributed by atoms with E-state index in [1.54, 1.807) is 6.07 Å². The molecule has 0 fully saturated rings. The van der Waals surface area contributed by atoms with Gasteiger partial charge in [0.15, 0.2) is 9.84 Å². The van der Waals surface area contributed by atoms with Gasteiger partial charge in [-0.15, -0.1) is 0 Å². The van der Waals surface area contributed by atoms with Crippen molar-refractivity contribution in [1.29, 1.82) is 5.26 Å². The van der Waals surface area contributed by atoms with Crippen LogP contribution in [-0.2, 0) is 15.6 Å². The van der Waals surface area contributed by atoms with E-state index in [-0.39, 0.29) is 16.3 Å². The third-order valence-electron chi connectivity index (χ3n) is 3.30. The van der Waals surface area contributed by atoms with Crippen LogP contribution in [0, 0.1) is 17.1 Å². The summed E-state index contributed by atoms with van der Waals surface area (Å²) in [6, 6.07) is 9.87. The smallest absolute Gasteiger partial charge is 0.192 e. The first-order valence-electron chi connectivity index (χ1n) is 6.89. The van der Waals surface area contributed by atoms with Crippen LogP contribution >= 0.6 is 23.2 Å². The van der Waals surface area contributed by atoms with E-state index >= 15 is 0 Å². The fraction of sp³-hybridized carbons (Fsp3) is 0.118. The van der Waals surface area contributed by atoms with Crippen LogP contribution in [0.25, 0.3) is 6.08 Å². The Morgan fingerprint density at radius 3 is 2.56 bits per heavy atom. The van der Waals surface area contributed by atoms with Gasteiger partial charge >= 0.3 is 0 Å². The first kappa shape index (κ1) is 19.3. The lowest BCUT2D eigenvalue weighted by Gasteiger charge is -2.07. The van der Waals surface area contributed by atoms with Gasteiger partial charge in [0, 0.05) is 21.7 Å². The lowest BCUT2D eigenvalue weighted by molar-refractivity contribution is 0.411. The van der Waals surface area contributed by atoms with Crippen molar-refractivity contribution in [2.24, 2.45) is 0 Å². The minimum Gasteiger partial charge on any atom is -0.497 e. The monoisotopic (exact) mass is 399 g/mol. The van der Waals surface area contributed by atoms with Crippen molar-refractivity contribution in [3.63, 3.8) is 0 Å². The van der Waals surface area contributed by atoms with E-state index in [1.165, 1.54) is 37.4 Å². The molecule has 130 valence electrons. The molecular weight excluding hydrogens is 388 g/mol. The first-order valence-corrected chi connectivity index (χ1v) is 9.29. The standard InChI is InChI=1S/C17H12Cl2FNO3S/c1-24-14-5-3-11(17(20)8-14)6-15(9-21)25(22,23)10-12-2-4-13(18)7-16(12)19/h2-8H,10H2,1H3. The second kappa shape index (κ2) is 7.87. The van der Waals surface area contributed by atoms with E-state index in [9.17, 15) is 18.1 Å². The van der Waals surface area contributed by atoms with E-state index in [0.29, 0.717) is 10.6 Å². The van der Waals surface area contributed by atoms with E-state index in [2.05, 4.69) is 0 Å². The number of allylic oxidation sites excluding steroid dienone is 1. The number of sulfone groups is 1. The van der Waals surface area contributed by atoms with Crippen molar-refractivity contribution in [3.8, 4) is 11.8 Å². The number of halogens is 3. The highest BCUT2D eigenvalue weighted by Crippen LogP contribution is 2.26. The van der Waals surface area contributed by atoms with Gasteiger partial charge in [-0.25, -0.2) is 12.8 Å². The molecule has 0 aliphatic rings. The summed E-state index contributed by atoms with van der Waals surface area (Å²) in [7, 11) is -2.64. The molecule has 0 heterocycles. The summed E-state index contributed by atoms with van der Waals surface area (Å²) in [5.74, 6) is -0.920. The second-order valence-corrected chi connectivity index (χ2v) is 7.80. The van der Waals surface area contributed by atoms with Crippen molar-refractivity contribution in [1.82, 2.24) is 0 Å². The Labute approximate surface area is 155 Å². The van der Waals surface area contributed by atoms with Crippen molar-refractivity contribution in [2.45, 2.75) is 5.75 Å². The maximum Gasteiger partial charge on any atom is 0.192 e. The van der Waals surface area contributed by atoms with Crippen LogP contribution in [0.4, 0.5) is 4.39 Å². The van der Waals surface area contributed by atoms with Crippen LogP contribution in [0.3, 0.4) is 0 Å². The molecule has 0 spiro atoms. The summed E-state index contributed by atoms with van der Waals surface area (Å²) in [6.45, 7) is 0. The third-order valence-corrected chi connectivity index (χ3v) is 5.46. The highest BCUT2D eigenvalue weighted by atomic mass is 35.5. The quantitative estimate of drug-likeness (QED) is 0.687. The van der Waals surface area contributed by atoms with Gasteiger partial charge in [-0.3, -0.25) is 0 Å². The summed E-state index contributed by atoms with van der Waals surface area (Å²) in [5.41, 5.74) is 0.255. The van der Waals surface area contributed by atoms with Crippen molar-refractivity contribution in [2.75, 3.05) is 7.11 Å². The predicted molar refractivity (Wildman–Crippen MR) is 95.6 cm³/mol. The summed E-state index contributed by atoms with van der Waals surface area (Å²) in [6.07, 6.45) is 0.980. The fourth-order valence-electron chi connectivity index (χ4n) is 2.01. The van der Waals surface area contributed by atoms with Crippen LogP contribution < -0.4 is 4.74 Å². The zero-order valence-electron chi connectivity index (χ0n) is 13.0. The number of ether oxygens (including phenoxy) is 1. The lowest BCUT2D eigenvalue weighted by atomic mass is 10.2. The maximum absolute atomic E-state index is 14.0. The topological polar surface area (TPSA) is 67.2 Å². The molecule has 0 bridgehead atoms. The Balaban J connectivity index is 2.40. The number of hydrogen-bond donors (Lipinski definition) is 0. The minimum absolute atomic E-state index is 0.0388. The molecule has 0 saturated heterocycles. The first-order chi connectivity index (χ1) is 11.8. The third kappa shape index (κ3) is 4.73. The van der Waals surface area contributed by atoms with E-state index in [0.717, 1.165) is 12.1 Å². The molecule has 2 rings (SSSR count). The number of benzene rings is 2. The molecule has 0 N–H and O–H groups in total. The molecule has 0 aliphatic carbocycles. The Bertz CT molecular complexity index is 982. The second-order valence-electron chi connectivity index (χ2n) is 5.00. The van der Waals surface area contributed by atoms with Crippen molar-refractivity contribution >= 4 is 39.1 Å². The maximum atomic E-state index is 14.0. The van der Waals surface area contributed by atoms with Crippen LogP contribution in [0.15, 0.2) is 41.3 Å². The van der Waals surface area contributed by atoms with Crippen LogP contribution in [-0.4, -0.2) is 15.5 Å². The number of hydrogen-bond acceptors (Lipinski definition) is 4. The van der Waals surface area contributed by atoms with E-state index in [4.69, 9.17) is 27.9 Å². The Morgan fingerprint density at radius 2 is 2.00 bits per heavy atom. The van der Waals surface area contributed by atoms with Gasteiger partial charge in [0.05, 0.1) is 12.9 Å². The molecular formula is C17H12Cl2FNO3S. The van der Waals surface area contributed by atoms with Gasteiger partial charge in [0.2, 0.25) is 0 Å². The Morgan fingerprint density at radius 1 is 1.28 bits per heavy atom. The van der Waals surface area contributed by atoms with Gasteiger partial charge in [0.25, 0.3) is 0 Å². The Hall–Kier alpha value is -2.07. The van der Waals surface area contributed by atoms with Crippen molar-refractivity contribution < 1.29 is 17.5 Å². The molecule has 2 aromatic carbocycles. The molecule has 4 nitrogen and oxygen atoms in total. The molecule has 2 aromatic rings. The fourth-order valence-corrected chi connectivity index (χ4v) is 3.82. The highest BCUT2D eigenvalue weighted by Gasteiger charge is 2.21.